The largest absolute Gasteiger partial charge is 0.369 e. The highest BCUT2D eigenvalue weighted by atomic mass is 35.5. The molecule has 1 fully saturated rings. The lowest BCUT2D eigenvalue weighted by molar-refractivity contribution is -0.163. The van der Waals surface area contributed by atoms with E-state index in [1.807, 2.05) is 60.7 Å². The molecule has 6 heteroatoms. The van der Waals surface area contributed by atoms with Gasteiger partial charge in [-0.05, 0) is 11.1 Å². The molecule has 0 spiro atoms. The first-order chi connectivity index (χ1) is 13.1. The van der Waals surface area contributed by atoms with Gasteiger partial charge in [0, 0.05) is 6.92 Å². The predicted octanol–water partition coefficient (Wildman–Crippen LogP) is 3.26. The van der Waals surface area contributed by atoms with Crippen molar-refractivity contribution in [2.75, 3.05) is 6.61 Å². The van der Waals surface area contributed by atoms with Crippen LogP contribution in [0.25, 0.3) is 0 Å². The van der Waals surface area contributed by atoms with Crippen LogP contribution in [0.4, 0.5) is 0 Å². The van der Waals surface area contributed by atoms with E-state index in [0.29, 0.717) is 13.2 Å². The van der Waals surface area contributed by atoms with Crippen LogP contribution in [0.3, 0.4) is 0 Å². The molecule has 0 saturated carbocycles. The second-order valence-corrected chi connectivity index (χ2v) is 6.94. The second-order valence-electron chi connectivity index (χ2n) is 6.51. The lowest BCUT2D eigenvalue weighted by Gasteiger charge is -2.40. The van der Waals surface area contributed by atoms with Crippen LogP contribution in [0.15, 0.2) is 60.7 Å². The molecule has 27 heavy (non-hydrogen) atoms. The summed E-state index contributed by atoms with van der Waals surface area (Å²) in [4.78, 5) is 11.8. The molecule has 1 aliphatic heterocycles. The zero-order valence-electron chi connectivity index (χ0n) is 15.2. The molecule has 0 bridgehead atoms. The smallest absolute Gasteiger partial charge is 0.217 e. The molecule has 0 unspecified atom stereocenters. The minimum atomic E-state index is -0.665. The summed E-state index contributed by atoms with van der Waals surface area (Å²) < 4.78 is 17.7. The van der Waals surface area contributed by atoms with Crippen LogP contribution in [0.2, 0.25) is 0 Å². The summed E-state index contributed by atoms with van der Waals surface area (Å²) in [5, 5.41) is 2.93. The number of carbonyl (C=O) groups is 1. The molecule has 3 rings (SSSR count). The Balaban J connectivity index is 1.68. The number of amides is 1. The molecule has 1 heterocycles. The first kappa shape index (κ1) is 19.8. The van der Waals surface area contributed by atoms with E-state index in [2.05, 4.69) is 5.32 Å². The van der Waals surface area contributed by atoms with Gasteiger partial charge in [0.1, 0.15) is 12.2 Å². The highest BCUT2D eigenvalue weighted by Crippen LogP contribution is 2.25. The third-order valence-electron chi connectivity index (χ3n) is 4.39. The number of hydrogen-bond acceptors (Lipinski definition) is 4. The van der Waals surface area contributed by atoms with Crippen LogP contribution in [0.1, 0.15) is 18.1 Å². The highest BCUT2D eigenvalue weighted by molar-refractivity contribution is 6.20. The number of hydrogen-bond donors (Lipinski definition) is 1. The van der Waals surface area contributed by atoms with Crippen molar-refractivity contribution in [1.82, 2.24) is 5.32 Å². The molecule has 0 aromatic heterocycles. The number of carbonyl (C=O) groups excluding carboxylic acids is 1. The van der Waals surface area contributed by atoms with Gasteiger partial charge in [-0.15, -0.1) is 0 Å². The van der Waals surface area contributed by atoms with Crippen molar-refractivity contribution in [2.24, 2.45) is 0 Å². The second kappa shape index (κ2) is 9.85. The average molecular weight is 390 g/mol. The van der Waals surface area contributed by atoms with Crippen LogP contribution in [0, 0.1) is 0 Å². The standard InChI is InChI=1S/C21H24ClNO4/c1-15(24)23-19-18(25-12-16-8-4-2-5-9-16)14-27-21(22)20(19)26-13-17-10-6-3-7-11-17/h2-11,18-21H,12-14H2,1H3,(H,23,24)/t18-,19-,20+,21-/m0/s1. The quantitative estimate of drug-likeness (QED) is 0.738. The zero-order chi connectivity index (χ0) is 19.1. The summed E-state index contributed by atoms with van der Waals surface area (Å²) in [6, 6.07) is 19.3. The van der Waals surface area contributed by atoms with E-state index in [0.717, 1.165) is 11.1 Å². The molecule has 4 atom stereocenters. The predicted molar refractivity (Wildman–Crippen MR) is 103 cm³/mol. The summed E-state index contributed by atoms with van der Waals surface area (Å²) in [7, 11) is 0. The minimum Gasteiger partial charge on any atom is -0.369 e. The Morgan fingerprint density at radius 3 is 2.15 bits per heavy atom. The summed E-state index contributed by atoms with van der Waals surface area (Å²) in [6.45, 7) is 2.56. The maximum absolute atomic E-state index is 11.8. The van der Waals surface area contributed by atoms with E-state index in [-0.39, 0.29) is 18.6 Å². The molecule has 0 aliphatic carbocycles. The fourth-order valence-electron chi connectivity index (χ4n) is 3.04. The normalized spacial score (nSPS) is 25.1. The van der Waals surface area contributed by atoms with Crippen molar-refractivity contribution < 1.29 is 19.0 Å². The first-order valence-corrected chi connectivity index (χ1v) is 9.41. The zero-order valence-corrected chi connectivity index (χ0v) is 16.0. The summed E-state index contributed by atoms with van der Waals surface area (Å²) in [6.07, 6.45) is -0.879. The van der Waals surface area contributed by atoms with Crippen LogP contribution < -0.4 is 5.32 Å². The van der Waals surface area contributed by atoms with Gasteiger partial charge in [0.2, 0.25) is 5.91 Å². The van der Waals surface area contributed by atoms with E-state index in [1.54, 1.807) is 0 Å². The Morgan fingerprint density at radius 2 is 1.59 bits per heavy atom. The molecule has 144 valence electrons. The maximum Gasteiger partial charge on any atom is 0.217 e. The van der Waals surface area contributed by atoms with E-state index < -0.39 is 17.7 Å². The van der Waals surface area contributed by atoms with Gasteiger partial charge in [-0.2, -0.15) is 0 Å². The summed E-state index contributed by atoms with van der Waals surface area (Å²) in [5.41, 5.74) is 1.41. The third-order valence-corrected chi connectivity index (χ3v) is 4.77. The van der Waals surface area contributed by atoms with E-state index in [1.165, 1.54) is 6.92 Å². The van der Waals surface area contributed by atoms with Gasteiger partial charge in [0.15, 0.2) is 5.56 Å². The van der Waals surface area contributed by atoms with Gasteiger partial charge in [0.25, 0.3) is 0 Å². The van der Waals surface area contributed by atoms with Gasteiger partial charge in [-0.3, -0.25) is 4.79 Å². The molecule has 1 N–H and O–H groups in total. The number of rotatable bonds is 7. The van der Waals surface area contributed by atoms with Crippen LogP contribution in [0.5, 0.6) is 0 Å². The SMILES string of the molecule is CC(=O)N[C@@H]1[C@@H](OCc2ccccc2)[C@@H](Cl)OC[C@@H]1OCc1ccccc1. The van der Waals surface area contributed by atoms with Crippen molar-refractivity contribution in [3.63, 3.8) is 0 Å². The molecule has 0 radical (unpaired) electrons. The third kappa shape index (κ3) is 5.78. The van der Waals surface area contributed by atoms with Gasteiger partial charge < -0.3 is 19.5 Å². The molecule has 1 amide bonds. The minimum absolute atomic E-state index is 0.160. The monoisotopic (exact) mass is 389 g/mol. The molecule has 2 aromatic carbocycles. The summed E-state index contributed by atoms with van der Waals surface area (Å²) in [5.74, 6) is -0.160. The Hall–Kier alpha value is -1.92. The molecule has 1 saturated heterocycles. The van der Waals surface area contributed by atoms with Gasteiger partial charge in [-0.25, -0.2) is 0 Å². The highest BCUT2D eigenvalue weighted by Gasteiger charge is 2.41. The number of benzene rings is 2. The molecule has 5 nitrogen and oxygen atoms in total. The Bertz CT molecular complexity index is 713. The van der Waals surface area contributed by atoms with E-state index >= 15 is 0 Å². The fourth-order valence-corrected chi connectivity index (χ4v) is 3.35. The van der Waals surface area contributed by atoms with Crippen molar-refractivity contribution in [2.45, 2.75) is 44.0 Å². The topological polar surface area (TPSA) is 56.8 Å². The van der Waals surface area contributed by atoms with Gasteiger partial charge in [0.05, 0.1) is 25.9 Å². The average Bonchev–Trinajstić information content (AvgIpc) is 2.68. The van der Waals surface area contributed by atoms with Gasteiger partial charge in [-0.1, -0.05) is 72.3 Å². The van der Waals surface area contributed by atoms with Crippen LogP contribution >= 0.6 is 11.6 Å². The molecular formula is C21H24ClNO4. The molecule has 2 aromatic rings. The Kier molecular flexibility index (Phi) is 7.24. The number of nitrogens with one attached hydrogen (secondary N) is 1. The van der Waals surface area contributed by atoms with Crippen LogP contribution in [-0.2, 0) is 32.2 Å². The van der Waals surface area contributed by atoms with Crippen molar-refractivity contribution in [1.29, 1.82) is 0 Å². The lowest BCUT2D eigenvalue weighted by Crippen LogP contribution is -2.60. The Labute approximate surface area is 164 Å². The van der Waals surface area contributed by atoms with Gasteiger partial charge >= 0.3 is 0 Å². The van der Waals surface area contributed by atoms with Crippen molar-refractivity contribution in [3.05, 3.63) is 71.8 Å². The lowest BCUT2D eigenvalue weighted by atomic mass is 10.0. The van der Waals surface area contributed by atoms with Crippen molar-refractivity contribution in [3.8, 4) is 0 Å². The number of halogens is 1. The van der Waals surface area contributed by atoms with Crippen LogP contribution in [-0.4, -0.2) is 36.3 Å². The van der Waals surface area contributed by atoms with E-state index in [9.17, 15) is 4.79 Å². The maximum atomic E-state index is 11.8. The van der Waals surface area contributed by atoms with E-state index in [4.69, 9.17) is 25.8 Å². The Morgan fingerprint density at radius 1 is 1.04 bits per heavy atom. The van der Waals surface area contributed by atoms with Crippen molar-refractivity contribution >= 4 is 17.5 Å². The summed E-state index contributed by atoms with van der Waals surface area (Å²) >= 11 is 6.36. The first-order valence-electron chi connectivity index (χ1n) is 8.97. The molecule has 1 aliphatic rings. The number of alkyl halides is 1. The fraction of sp³-hybridized carbons (Fsp3) is 0.381. The molecular weight excluding hydrogens is 366 g/mol. The number of ether oxygens (including phenoxy) is 3.